The first kappa shape index (κ1) is 22.9. The third kappa shape index (κ3) is 6.85. The molecule has 0 aliphatic carbocycles. The second kappa shape index (κ2) is 10.9. The van der Waals surface area contributed by atoms with Crippen LogP contribution in [0.15, 0.2) is 23.4 Å². The summed E-state index contributed by atoms with van der Waals surface area (Å²) >= 11 is 0.315. The van der Waals surface area contributed by atoms with Gasteiger partial charge in [-0.1, -0.05) is 0 Å². The van der Waals surface area contributed by atoms with Crippen LogP contribution in [0.3, 0.4) is 0 Å². The minimum atomic E-state index is -2.57. The summed E-state index contributed by atoms with van der Waals surface area (Å²) in [5, 5.41) is 2.88. The van der Waals surface area contributed by atoms with Gasteiger partial charge in [0, 0.05) is 29.6 Å². The number of carbonyl (C=O) groups excluding carboxylic acids is 1. The van der Waals surface area contributed by atoms with Crippen LogP contribution in [0.5, 0.6) is 11.5 Å². The Kier molecular flexibility index (Phi) is 8.63. The first-order valence-corrected chi connectivity index (χ1v) is 10.2. The molecule has 0 radical (unpaired) electrons. The SMILES string of the molecule is CCOc1ccc(NC(=O)CCc2c(C)nc(SC(F)F)nc2C)cc1OCC. The molecule has 9 heteroatoms. The lowest BCUT2D eigenvalue weighted by Gasteiger charge is -2.13. The van der Waals surface area contributed by atoms with Crippen molar-refractivity contribution in [3.8, 4) is 11.5 Å². The van der Waals surface area contributed by atoms with Crippen molar-refractivity contribution >= 4 is 23.4 Å². The molecule has 1 amide bonds. The Morgan fingerprint density at radius 3 is 2.31 bits per heavy atom. The van der Waals surface area contributed by atoms with Gasteiger partial charge >= 0.3 is 0 Å². The van der Waals surface area contributed by atoms with Gasteiger partial charge in [-0.2, -0.15) is 8.78 Å². The maximum atomic E-state index is 12.5. The highest BCUT2D eigenvalue weighted by atomic mass is 32.2. The van der Waals surface area contributed by atoms with Crippen molar-refractivity contribution in [1.82, 2.24) is 9.97 Å². The van der Waals surface area contributed by atoms with E-state index in [9.17, 15) is 13.6 Å². The van der Waals surface area contributed by atoms with Gasteiger partial charge in [0.05, 0.1) is 13.2 Å². The molecule has 6 nitrogen and oxygen atoms in total. The zero-order valence-corrected chi connectivity index (χ0v) is 17.7. The van der Waals surface area contributed by atoms with E-state index in [-0.39, 0.29) is 17.5 Å². The number of rotatable bonds is 10. The van der Waals surface area contributed by atoms with Crippen LogP contribution < -0.4 is 14.8 Å². The number of nitrogens with one attached hydrogen (secondary N) is 1. The first-order chi connectivity index (χ1) is 13.8. The van der Waals surface area contributed by atoms with Crippen LogP contribution in [0, 0.1) is 13.8 Å². The minimum Gasteiger partial charge on any atom is -0.490 e. The van der Waals surface area contributed by atoms with Gasteiger partial charge in [0.15, 0.2) is 16.7 Å². The van der Waals surface area contributed by atoms with E-state index in [0.29, 0.717) is 60.0 Å². The lowest BCUT2D eigenvalue weighted by Crippen LogP contribution is -2.14. The summed E-state index contributed by atoms with van der Waals surface area (Å²) < 4.78 is 36.1. The number of halogens is 2. The third-order valence-corrected chi connectivity index (χ3v) is 4.60. The molecule has 0 aliphatic rings. The number of amides is 1. The van der Waals surface area contributed by atoms with Gasteiger partial charge < -0.3 is 14.8 Å². The van der Waals surface area contributed by atoms with Crippen molar-refractivity contribution in [2.45, 2.75) is 51.5 Å². The molecule has 0 fully saturated rings. The van der Waals surface area contributed by atoms with Crippen LogP contribution in [0.2, 0.25) is 0 Å². The average Bonchev–Trinajstić information content (AvgIpc) is 2.63. The summed E-state index contributed by atoms with van der Waals surface area (Å²) in [6.45, 7) is 8.23. The molecule has 1 aromatic heterocycles. The molecule has 0 spiro atoms. The molecule has 0 saturated carbocycles. The third-order valence-electron chi connectivity index (χ3n) is 4.02. The molecule has 0 saturated heterocycles. The predicted molar refractivity (Wildman–Crippen MR) is 109 cm³/mol. The highest BCUT2D eigenvalue weighted by Crippen LogP contribution is 2.31. The number of hydrogen-bond donors (Lipinski definition) is 1. The highest BCUT2D eigenvalue weighted by molar-refractivity contribution is 7.99. The smallest absolute Gasteiger partial charge is 0.291 e. The van der Waals surface area contributed by atoms with E-state index in [1.807, 2.05) is 13.8 Å². The average molecular weight is 426 g/mol. The quantitative estimate of drug-likeness (QED) is 0.436. The number of benzene rings is 1. The van der Waals surface area contributed by atoms with Gasteiger partial charge in [-0.3, -0.25) is 4.79 Å². The minimum absolute atomic E-state index is 0.0426. The van der Waals surface area contributed by atoms with Gasteiger partial charge in [0.2, 0.25) is 5.91 Å². The van der Waals surface area contributed by atoms with E-state index in [1.165, 1.54) is 0 Å². The first-order valence-electron chi connectivity index (χ1n) is 9.32. The summed E-state index contributed by atoms with van der Waals surface area (Å²) in [5.74, 6) is -1.56. The Bertz CT molecular complexity index is 827. The Hall–Kier alpha value is -2.42. The topological polar surface area (TPSA) is 73.3 Å². The lowest BCUT2D eigenvalue weighted by atomic mass is 10.1. The zero-order valence-electron chi connectivity index (χ0n) is 16.9. The van der Waals surface area contributed by atoms with Gasteiger partial charge in [0.1, 0.15) is 0 Å². The van der Waals surface area contributed by atoms with Gasteiger partial charge in [-0.05, 0) is 63.6 Å². The monoisotopic (exact) mass is 425 g/mol. The van der Waals surface area contributed by atoms with Crippen LogP contribution in [-0.4, -0.2) is 34.8 Å². The summed E-state index contributed by atoms with van der Waals surface area (Å²) in [5.41, 5.74) is 2.61. The predicted octanol–water partition coefficient (Wildman–Crippen LogP) is 4.78. The summed E-state index contributed by atoms with van der Waals surface area (Å²) in [7, 11) is 0. The molecule has 2 rings (SSSR count). The van der Waals surface area contributed by atoms with Crippen LogP contribution in [-0.2, 0) is 11.2 Å². The Morgan fingerprint density at radius 2 is 1.72 bits per heavy atom. The van der Waals surface area contributed by atoms with E-state index in [2.05, 4.69) is 15.3 Å². The van der Waals surface area contributed by atoms with Crippen LogP contribution >= 0.6 is 11.8 Å². The molecule has 1 heterocycles. The van der Waals surface area contributed by atoms with E-state index in [0.717, 1.165) is 5.56 Å². The zero-order chi connectivity index (χ0) is 21.4. The number of alkyl halides is 2. The molecule has 1 aromatic carbocycles. The number of nitrogens with zero attached hydrogens (tertiary/aromatic N) is 2. The van der Waals surface area contributed by atoms with Gasteiger partial charge in [0.25, 0.3) is 5.76 Å². The number of ether oxygens (including phenoxy) is 2. The standard InChI is InChI=1S/C20H25F2N3O3S/c1-5-27-16-9-7-14(11-17(16)28-6-2)25-18(26)10-8-15-12(3)23-20(24-13(15)4)29-19(21)22/h7,9,11,19H,5-6,8,10H2,1-4H3,(H,25,26). The Labute approximate surface area is 173 Å². The number of anilines is 1. The molecule has 0 aliphatic heterocycles. The summed E-state index contributed by atoms with van der Waals surface area (Å²) in [6, 6.07) is 5.23. The number of carbonyl (C=O) groups is 1. The fraction of sp³-hybridized carbons (Fsp3) is 0.450. The molecule has 0 atom stereocenters. The normalized spacial score (nSPS) is 10.9. The maximum absolute atomic E-state index is 12.5. The summed E-state index contributed by atoms with van der Waals surface area (Å²) in [4.78, 5) is 20.6. The largest absolute Gasteiger partial charge is 0.490 e. The van der Waals surface area contributed by atoms with E-state index in [4.69, 9.17) is 9.47 Å². The van der Waals surface area contributed by atoms with Crippen molar-refractivity contribution in [2.24, 2.45) is 0 Å². The van der Waals surface area contributed by atoms with Crippen molar-refractivity contribution in [3.05, 3.63) is 35.2 Å². The Morgan fingerprint density at radius 1 is 1.10 bits per heavy atom. The lowest BCUT2D eigenvalue weighted by molar-refractivity contribution is -0.116. The number of thioether (sulfide) groups is 1. The summed E-state index contributed by atoms with van der Waals surface area (Å²) in [6.07, 6.45) is 0.627. The van der Waals surface area contributed by atoms with Crippen molar-refractivity contribution in [1.29, 1.82) is 0 Å². The maximum Gasteiger partial charge on any atom is 0.291 e. The van der Waals surface area contributed by atoms with E-state index in [1.54, 1.807) is 32.0 Å². The van der Waals surface area contributed by atoms with Gasteiger partial charge in [-0.15, -0.1) is 0 Å². The fourth-order valence-corrected chi connectivity index (χ4v) is 3.33. The Balaban J connectivity index is 2.02. The van der Waals surface area contributed by atoms with E-state index < -0.39 is 5.76 Å². The molecular formula is C20H25F2N3O3S. The molecular weight excluding hydrogens is 400 g/mol. The molecule has 0 unspecified atom stereocenters. The van der Waals surface area contributed by atoms with E-state index >= 15 is 0 Å². The fourth-order valence-electron chi connectivity index (χ4n) is 2.79. The second-order valence-corrected chi connectivity index (χ2v) is 7.07. The number of hydrogen-bond acceptors (Lipinski definition) is 6. The molecule has 2 aromatic rings. The molecule has 158 valence electrons. The number of aromatic nitrogens is 2. The second-order valence-electron chi connectivity index (χ2n) is 6.11. The molecule has 0 bridgehead atoms. The van der Waals surface area contributed by atoms with Crippen LogP contribution in [0.1, 0.15) is 37.2 Å². The van der Waals surface area contributed by atoms with Crippen molar-refractivity contribution in [2.75, 3.05) is 18.5 Å². The van der Waals surface area contributed by atoms with Crippen molar-refractivity contribution < 1.29 is 23.0 Å². The van der Waals surface area contributed by atoms with Crippen molar-refractivity contribution in [3.63, 3.8) is 0 Å². The van der Waals surface area contributed by atoms with Gasteiger partial charge in [-0.25, -0.2) is 9.97 Å². The highest BCUT2D eigenvalue weighted by Gasteiger charge is 2.15. The molecule has 29 heavy (non-hydrogen) atoms. The molecule has 1 N–H and O–H groups in total. The number of aryl methyl sites for hydroxylation is 2. The van der Waals surface area contributed by atoms with Crippen LogP contribution in [0.4, 0.5) is 14.5 Å². The van der Waals surface area contributed by atoms with Crippen LogP contribution in [0.25, 0.3) is 0 Å².